The summed E-state index contributed by atoms with van der Waals surface area (Å²) in [6.07, 6.45) is 0.305. The van der Waals surface area contributed by atoms with E-state index in [2.05, 4.69) is 0 Å². The normalized spacial score (nSPS) is 20.6. The van der Waals surface area contributed by atoms with E-state index < -0.39 is 12.0 Å². The number of hydrogen-bond acceptors (Lipinski definition) is 2. The number of alkyl halides is 1. The van der Waals surface area contributed by atoms with Gasteiger partial charge >= 0.3 is 5.97 Å². The molecule has 0 bridgehead atoms. The van der Waals surface area contributed by atoms with Crippen molar-refractivity contribution >= 4 is 23.5 Å². The van der Waals surface area contributed by atoms with Crippen molar-refractivity contribution in [3.63, 3.8) is 0 Å². The summed E-state index contributed by atoms with van der Waals surface area (Å²) in [4.78, 5) is 24.3. The molecule has 2 unspecified atom stereocenters. The molecular formula is C13H13ClFNO3. The van der Waals surface area contributed by atoms with Gasteiger partial charge in [-0.2, -0.15) is 0 Å². The molecular weight excluding hydrogens is 273 g/mol. The fraction of sp³-hybridized carbons (Fsp3) is 0.385. The molecule has 2 rings (SSSR count). The molecule has 1 saturated heterocycles. The zero-order valence-electron chi connectivity index (χ0n) is 10.1. The van der Waals surface area contributed by atoms with Gasteiger partial charge in [0.2, 0.25) is 5.91 Å². The standard InChI is InChI=1S/C13H13ClFNO3/c14-9-6-12(17)16(7-9)11(13(18)19)5-8-1-3-10(15)4-2-8/h1-4,9,11H,5-7H2,(H,18,19). The quantitative estimate of drug-likeness (QED) is 0.856. The molecule has 1 aliphatic heterocycles. The highest BCUT2D eigenvalue weighted by Gasteiger charge is 2.36. The number of carboxylic acids is 1. The monoisotopic (exact) mass is 285 g/mol. The Labute approximate surface area is 114 Å². The average Bonchev–Trinajstić information content (AvgIpc) is 2.67. The molecule has 0 radical (unpaired) electrons. The number of benzene rings is 1. The van der Waals surface area contributed by atoms with Gasteiger partial charge in [-0.05, 0) is 17.7 Å². The van der Waals surface area contributed by atoms with E-state index in [0.29, 0.717) is 5.56 Å². The Bertz CT molecular complexity index is 491. The number of nitrogens with zero attached hydrogens (tertiary/aromatic N) is 1. The van der Waals surface area contributed by atoms with Crippen LogP contribution in [0.5, 0.6) is 0 Å². The third-order valence-corrected chi connectivity index (χ3v) is 3.41. The van der Waals surface area contributed by atoms with Gasteiger partial charge in [-0.25, -0.2) is 9.18 Å². The molecule has 102 valence electrons. The lowest BCUT2D eigenvalue weighted by Crippen LogP contribution is -2.43. The van der Waals surface area contributed by atoms with Gasteiger partial charge in [-0.1, -0.05) is 12.1 Å². The van der Waals surface area contributed by atoms with Crippen LogP contribution in [-0.4, -0.2) is 39.8 Å². The largest absolute Gasteiger partial charge is 0.480 e. The number of amides is 1. The molecule has 1 fully saturated rings. The van der Waals surface area contributed by atoms with Crippen LogP contribution >= 0.6 is 11.6 Å². The van der Waals surface area contributed by atoms with Crippen LogP contribution < -0.4 is 0 Å². The first-order chi connectivity index (χ1) is 8.97. The number of likely N-dealkylation sites (tertiary alicyclic amines) is 1. The summed E-state index contributed by atoms with van der Waals surface area (Å²) in [6, 6.07) is 4.62. The molecule has 2 atom stereocenters. The molecule has 0 saturated carbocycles. The minimum atomic E-state index is -1.08. The van der Waals surface area contributed by atoms with Crippen molar-refractivity contribution in [2.24, 2.45) is 0 Å². The van der Waals surface area contributed by atoms with Gasteiger partial charge in [-0.3, -0.25) is 4.79 Å². The molecule has 1 aromatic rings. The zero-order chi connectivity index (χ0) is 14.0. The lowest BCUT2D eigenvalue weighted by molar-refractivity contribution is -0.148. The topological polar surface area (TPSA) is 57.6 Å². The van der Waals surface area contributed by atoms with Crippen LogP contribution in [0, 0.1) is 5.82 Å². The van der Waals surface area contributed by atoms with Crippen LogP contribution in [0.25, 0.3) is 0 Å². The average molecular weight is 286 g/mol. The predicted molar refractivity (Wildman–Crippen MR) is 67.5 cm³/mol. The van der Waals surface area contributed by atoms with Crippen molar-refractivity contribution in [2.45, 2.75) is 24.3 Å². The molecule has 1 aliphatic rings. The molecule has 0 aromatic heterocycles. The highest BCUT2D eigenvalue weighted by molar-refractivity contribution is 6.22. The smallest absolute Gasteiger partial charge is 0.326 e. The highest BCUT2D eigenvalue weighted by Crippen LogP contribution is 2.21. The van der Waals surface area contributed by atoms with Crippen LogP contribution in [0.2, 0.25) is 0 Å². The fourth-order valence-corrected chi connectivity index (χ4v) is 2.44. The third-order valence-electron chi connectivity index (χ3n) is 3.11. The summed E-state index contributed by atoms with van der Waals surface area (Å²) < 4.78 is 12.8. The minimum absolute atomic E-state index is 0.144. The minimum Gasteiger partial charge on any atom is -0.480 e. The Balaban J connectivity index is 2.15. The molecule has 1 amide bonds. The predicted octanol–water partition coefficient (Wildman–Crippen LogP) is 1.66. The van der Waals surface area contributed by atoms with Gasteiger partial charge < -0.3 is 10.0 Å². The Kier molecular flexibility index (Phi) is 4.04. The summed E-state index contributed by atoms with van der Waals surface area (Å²) >= 11 is 5.87. The van der Waals surface area contributed by atoms with E-state index in [9.17, 15) is 19.1 Å². The molecule has 1 N–H and O–H groups in total. The molecule has 1 aromatic carbocycles. The van der Waals surface area contributed by atoms with Gasteiger partial charge in [0, 0.05) is 19.4 Å². The molecule has 0 aliphatic carbocycles. The number of hydrogen-bond donors (Lipinski definition) is 1. The van der Waals surface area contributed by atoms with Gasteiger partial charge in [-0.15, -0.1) is 11.6 Å². The van der Waals surface area contributed by atoms with Crippen LogP contribution in [0.15, 0.2) is 24.3 Å². The van der Waals surface area contributed by atoms with E-state index >= 15 is 0 Å². The molecule has 6 heteroatoms. The van der Waals surface area contributed by atoms with Crippen LogP contribution in [0.1, 0.15) is 12.0 Å². The second-order valence-electron chi connectivity index (χ2n) is 4.53. The van der Waals surface area contributed by atoms with E-state index in [-0.39, 0.29) is 36.5 Å². The number of aliphatic carboxylic acids is 1. The molecule has 4 nitrogen and oxygen atoms in total. The van der Waals surface area contributed by atoms with Crippen molar-refractivity contribution < 1.29 is 19.1 Å². The highest BCUT2D eigenvalue weighted by atomic mass is 35.5. The van der Waals surface area contributed by atoms with E-state index in [1.807, 2.05) is 0 Å². The first-order valence-corrected chi connectivity index (χ1v) is 6.32. The van der Waals surface area contributed by atoms with E-state index in [1.165, 1.54) is 29.2 Å². The summed E-state index contributed by atoms with van der Waals surface area (Å²) in [7, 11) is 0. The Hall–Kier alpha value is -1.62. The van der Waals surface area contributed by atoms with E-state index in [0.717, 1.165) is 0 Å². The lowest BCUT2D eigenvalue weighted by atomic mass is 10.0. The maximum atomic E-state index is 12.8. The lowest BCUT2D eigenvalue weighted by Gasteiger charge is -2.24. The summed E-state index contributed by atoms with van der Waals surface area (Å²) in [6.45, 7) is 0.235. The number of carbonyl (C=O) groups is 2. The van der Waals surface area contributed by atoms with E-state index in [4.69, 9.17) is 11.6 Å². The number of carbonyl (C=O) groups excluding carboxylic acids is 1. The summed E-state index contributed by atoms with van der Waals surface area (Å²) in [5, 5.41) is 8.90. The maximum Gasteiger partial charge on any atom is 0.326 e. The van der Waals surface area contributed by atoms with Crippen molar-refractivity contribution in [2.75, 3.05) is 6.54 Å². The Morgan fingerprint density at radius 1 is 1.47 bits per heavy atom. The number of rotatable bonds is 4. The van der Waals surface area contributed by atoms with Gasteiger partial charge in [0.15, 0.2) is 0 Å². The van der Waals surface area contributed by atoms with Gasteiger partial charge in [0.25, 0.3) is 0 Å². The van der Waals surface area contributed by atoms with E-state index in [1.54, 1.807) is 0 Å². The van der Waals surface area contributed by atoms with Crippen LogP contribution in [0.3, 0.4) is 0 Å². The molecule has 1 heterocycles. The first-order valence-electron chi connectivity index (χ1n) is 5.88. The van der Waals surface area contributed by atoms with Crippen molar-refractivity contribution in [1.29, 1.82) is 0 Å². The molecule has 0 spiro atoms. The fourth-order valence-electron chi connectivity index (χ4n) is 2.16. The Morgan fingerprint density at radius 2 is 2.11 bits per heavy atom. The van der Waals surface area contributed by atoms with Crippen LogP contribution in [0.4, 0.5) is 4.39 Å². The zero-order valence-corrected chi connectivity index (χ0v) is 10.8. The first kappa shape index (κ1) is 13.8. The van der Waals surface area contributed by atoms with Gasteiger partial charge in [0.1, 0.15) is 11.9 Å². The molecule has 19 heavy (non-hydrogen) atoms. The summed E-state index contributed by atoms with van der Waals surface area (Å²) in [5.74, 6) is -1.72. The second-order valence-corrected chi connectivity index (χ2v) is 5.15. The van der Waals surface area contributed by atoms with Crippen molar-refractivity contribution in [3.05, 3.63) is 35.6 Å². The second kappa shape index (κ2) is 5.57. The van der Waals surface area contributed by atoms with Crippen molar-refractivity contribution in [3.8, 4) is 0 Å². The number of carboxylic acid groups (broad SMARTS) is 1. The number of halogens is 2. The maximum absolute atomic E-state index is 12.8. The third kappa shape index (κ3) is 3.23. The Morgan fingerprint density at radius 3 is 2.58 bits per heavy atom. The van der Waals surface area contributed by atoms with Gasteiger partial charge in [0.05, 0.1) is 5.38 Å². The summed E-state index contributed by atoms with van der Waals surface area (Å²) in [5.41, 5.74) is 0.666. The SMILES string of the molecule is O=C(O)C(Cc1ccc(F)cc1)N1CC(Cl)CC1=O. The van der Waals surface area contributed by atoms with Crippen molar-refractivity contribution in [1.82, 2.24) is 4.90 Å². The van der Waals surface area contributed by atoms with Crippen LogP contribution in [-0.2, 0) is 16.0 Å².